The molecule has 0 aliphatic rings. The third kappa shape index (κ3) is 2.85. The monoisotopic (exact) mass is 276 g/mol. The predicted octanol–water partition coefficient (Wildman–Crippen LogP) is 3.71. The molecule has 0 saturated carbocycles. The van der Waals surface area contributed by atoms with Crippen molar-refractivity contribution in [2.24, 2.45) is 0 Å². The highest BCUT2D eigenvalue weighted by molar-refractivity contribution is 5.98. The van der Waals surface area contributed by atoms with E-state index in [1.807, 2.05) is 0 Å². The standard InChI is InChI=1S/C16H14F2O2/c1-10-6-7-13(17)12(8-10)14(19)9-11-4-3-5-15(20-2)16(11)18/h3-8H,9H2,1-2H3. The van der Waals surface area contributed by atoms with Crippen molar-refractivity contribution in [2.75, 3.05) is 7.11 Å². The van der Waals surface area contributed by atoms with Crippen molar-refractivity contribution in [2.45, 2.75) is 13.3 Å². The molecule has 0 saturated heterocycles. The molecule has 2 nitrogen and oxygen atoms in total. The zero-order chi connectivity index (χ0) is 14.7. The second-order valence-corrected chi connectivity index (χ2v) is 4.52. The van der Waals surface area contributed by atoms with Gasteiger partial charge in [-0.05, 0) is 30.7 Å². The summed E-state index contributed by atoms with van der Waals surface area (Å²) >= 11 is 0. The summed E-state index contributed by atoms with van der Waals surface area (Å²) in [6.45, 7) is 1.77. The Morgan fingerprint density at radius 2 is 1.95 bits per heavy atom. The second kappa shape index (κ2) is 5.82. The van der Waals surface area contributed by atoms with Crippen molar-refractivity contribution in [1.29, 1.82) is 0 Å². The highest BCUT2D eigenvalue weighted by Gasteiger charge is 2.16. The molecule has 0 aromatic heterocycles. The number of halogens is 2. The Hall–Kier alpha value is -2.23. The number of rotatable bonds is 4. The van der Waals surface area contributed by atoms with E-state index in [1.165, 1.54) is 31.4 Å². The normalized spacial score (nSPS) is 10.4. The second-order valence-electron chi connectivity index (χ2n) is 4.52. The van der Waals surface area contributed by atoms with Gasteiger partial charge in [0.2, 0.25) is 0 Å². The number of hydrogen-bond acceptors (Lipinski definition) is 2. The topological polar surface area (TPSA) is 26.3 Å². The van der Waals surface area contributed by atoms with E-state index in [2.05, 4.69) is 0 Å². The molecule has 0 spiro atoms. The van der Waals surface area contributed by atoms with Gasteiger partial charge in [-0.1, -0.05) is 23.8 Å². The van der Waals surface area contributed by atoms with Gasteiger partial charge in [0.15, 0.2) is 17.3 Å². The van der Waals surface area contributed by atoms with Crippen LogP contribution < -0.4 is 4.74 Å². The number of carbonyl (C=O) groups is 1. The van der Waals surface area contributed by atoms with Crippen LogP contribution >= 0.6 is 0 Å². The highest BCUT2D eigenvalue weighted by atomic mass is 19.1. The Balaban J connectivity index is 2.30. The third-order valence-electron chi connectivity index (χ3n) is 3.04. The summed E-state index contributed by atoms with van der Waals surface area (Å²) in [7, 11) is 1.35. The van der Waals surface area contributed by atoms with E-state index in [1.54, 1.807) is 19.1 Å². The lowest BCUT2D eigenvalue weighted by molar-refractivity contribution is 0.0988. The van der Waals surface area contributed by atoms with Gasteiger partial charge < -0.3 is 4.74 Å². The van der Waals surface area contributed by atoms with Crippen LogP contribution in [0.4, 0.5) is 8.78 Å². The summed E-state index contributed by atoms with van der Waals surface area (Å²) in [6, 6.07) is 8.84. The molecule has 0 atom stereocenters. The van der Waals surface area contributed by atoms with E-state index in [-0.39, 0.29) is 23.3 Å². The summed E-state index contributed by atoms with van der Waals surface area (Å²) in [4.78, 5) is 12.1. The molecule has 20 heavy (non-hydrogen) atoms. The molecule has 104 valence electrons. The summed E-state index contributed by atoms with van der Waals surface area (Å²) in [5, 5.41) is 0. The summed E-state index contributed by atoms with van der Waals surface area (Å²) in [6.07, 6.45) is -0.205. The lowest BCUT2D eigenvalue weighted by Crippen LogP contribution is -2.08. The quantitative estimate of drug-likeness (QED) is 0.796. The maximum absolute atomic E-state index is 14.0. The number of ketones is 1. The minimum atomic E-state index is -0.594. The van der Waals surface area contributed by atoms with Crippen molar-refractivity contribution >= 4 is 5.78 Å². The molecule has 4 heteroatoms. The Labute approximate surface area is 116 Å². The van der Waals surface area contributed by atoms with Crippen LogP contribution in [-0.2, 0) is 6.42 Å². The van der Waals surface area contributed by atoms with Crippen molar-refractivity contribution in [3.8, 4) is 5.75 Å². The fourth-order valence-electron chi connectivity index (χ4n) is 1.97. The zero-order valence-electron chi connectivity index (χ0n) is 11.2. The van der Waals surface area contributed by atoms with E-state index < -0.39 is 17.4 Å². The van der Waals surface area contributed by atoms with Crippen LogP contribution in [0.15, 0.2) is 36.4 Å². The molecule has 2 rings (SSSR count). The van der Waals surface area contributed by atoms with E-state index >= 15 is 0 Å². The smallest absolute Gasteiger partial charge is 0.170 e. The van der Waals surface area contributed by atoms with Gasteiger partial charge in [-0.3, -0.25) is 4.79 Å². The maximum Gasteiger partial charge on any atom is 0.170 e. The van der Waals surface area contributed by atoms with E-state index in [4.69, 9.17) is 4.74 Å². The van der Waals surface area contributed by atoms with Gasteiger partial charge in [-0.2, -0.15) is 0 Å². The summed E-state index contributed by atoms with van der Waals surface area (Å²) in [5.41, 5.74) is 0.948. The summed E-state index contributed by atoms with van der Waals surface area (Å²) in [5.74, 6) is -1.57. The Bertz CT molecular complexity index is 651. The third-order valence-corrected chi connectivity index (χ3v) is 3.04. The average molecular weight is 276 g/mol. The van der Waals surface area contributed by atoms with Crippen molar-refractivity contribution < 1.29 is 18.3 Å². The van der Waals surface area contributed by atoms with Crippen LogP contribution in [0.5, 0.6) is 5.75 Å². The number of ether oxygens (including phenoxy) is 1. The molecule has 0 heterocycles. The maximum atomic E-state index is 14.0. The van der Waals surface area contributed by atoms with Gasteiger partial charge in [-0.15, -0.1) is 0 Å². The van der Waals surface area contributed by atoms with Crippen LogP contribution in [0.2, 0.25) is 0 Å². The number of carbonyl (C=O) groups excluding carboxylic acids is 1. The fourth-order valence-corrected chi connectivity index (χ4v) is 1.97. The van der Waals surface area contributed by atoms with Gasteiger partial charge in [-0.25, -0.2) is 8.78 Å². The van der Waals surface area contributed by atoms with E-state index in [0.717, 1.165) is 5.56 Å². The Kier molecular flexibility index (Phi) is 4.13. The molecule has 0 fully saturated rings. The highest BCUT2D eigenvalue weighted by Crippen LogP contribution is 2.22. The van der Waals surface area contributed by atoms with Crippen molar-refractivity contribution in [1.82, 2.24) is 0 Å². The number of aryl methyl sites for hydroxylation is 1. The first-order valence-electron chi connectivity index (χ1n) is 6.13. The Morgan fingerprint density at radius 1 is 1.20 bits per heavy atom. The van der Waals surface area contributed by atoms with Gasteiger partial charge in [0, 0.05) is 6.42 Å². The van der Waals surface area contributed by atoms with Gasteiger partial charge >= 0.3 is 0 Å². The molecule has 0 N–H and O–H groups in total. The molecule has 0 unspecified atom stereocenters. The number of methoxy groups -OCH3 is 1. The Morgan fingerprint density at radius 3 is 2.65 bits per heavy atom. The van der Waals surface area contributed by atoms with E-state index in [0.29, 0.717) is 0 Å². The number of benzene rings is 2. The lowest BCUT2D eigenvalue weighted by atomic mass is 10.0. The number of Topliss-reactive ketones (excluding diaryl/α,β-unsaturated/α-hetero) is 1. The molecule has 0 radical (unpaired) electrons. The van der Waals surface area contributed by atoms with Gasteiger partial charge in [0.25, 0.3) is 0 Å². The molecular weight excluding hydrogens is 262 g/mol. The van der Waals surface area contributed by atoms with Crippen molar-refractivity contribution in [3.63, 3.8) is 0 Å². The van der Waals surface area contributed by atoms with Crippen LogP contribution in [0.3, 0.4) is 0 Å². The fraction of sp³-hybridized carbons (Fsp3) is 0.188. The minimum absolute atomic E-state index is 0.0211. The molecule has 0 bridgehead atoms. The summed E-state index contributed by atoms with van der Waals surface area (Å²) < 4.78 is 32.4. The first kappa shape index (κ1) is 14.2. The molecule has 0 aliphatic heterocycles. The first-order valence-corrected chi connectivity index (χ1v) is 6.13. The minimum Gasteiger partial charge on any atom is -0.494 e. The average Bonchev–Trinajstić information content (AvgIpc) is 2.43. The lowest BCUT2D eigenvalue weighted by Gasteiger charge is -2.08. The van der Waals surface area contributed by atoms with Crippen LogP contribution in [0.1, 0.15) is 21.5 Å². The molecule has 2 aromatic rings. The molecule has 0 amide bonds. The van der Waals surface area contributed by atoms with Crippen LogP contribution in [0, 0.1) is 18.6 Å². The van der Waals surface area contributed by atoms with Gasteiger partial charge in [0.1, 0.15) is 5.82 Å². The van der Waals surface area contributed by atoms with Crippen LogP contribution in [-0.4, -0.2) is 12.9 Å². The van der Waals surface area contributed by atoms with Crippen molar-refractivity contribution in [3.05, 3.63) is 64.7 Å². The van der Waals surface area contributed by atoms with Gasteiger partial charge in [0.05, 0.1) is 12.7 Å². The first-order chi connectivity index (χ1) is 9.52. The largest absolute Gasteiger partial charge is 0.494 e. The molecule has 0 aliphatic carbocycles. The number of hydrogen-bond donors (Lipinski definition) is 0. The molecular formula is C16H14F2O2. The van der Waals surface area contributed by atoms with Crippen LogP contribution in [0.25, 0.3) is 0 Å². The molecule has 2 aromatic carbocycles. The SMILES string of the molecule is COc1cccc(CC(=O)c2cc(C)ccc2F)c1F. The van der Waals surface area contributed by atoms with E-state index in [9.17, 15) is 13.6 Å². The zero-order valence-corrected chi connectivity index (χ0v) is 11.2. The predicted molar refractivity (Wildman–Crippen MR) is 72.1 cm³/mol.